The number of carbonyl (C=O) groups excluding carboxylic acids is 1. The van der Waals surface area contributed by atoms with Crippen molar-refractivity contribution < 1.29 is 18.7 Å². The Morgan fingerprint density at radius 3 is 2.32 bits per heavy atom. The topological polar surface area (TPSA) is 77.8 Å². The molecule has 1 N–H and O–H groups in total. The molecule has 0 saturated carbocycles. The highest BCUT2D eigenvalue weighted by Crippen LogP contribution is 2.25. The summed E-state index contributed by atoms with van der Waals surface area (Å²) < 4.78 is 16.9. The van der Waals surface area contributed by atoms with Crippen molar-refractivity contribution in [2.45, 2.75) is 20.8 Å². The average molecular weight is 417 g/mol. The van der Waals surface area contributed by atoms with Gasteiger partial charge in [0.1, 0.15) is 22.7 Å². The number of amides is 1. The minimum absolute atomic E-state index is 0.0870. The monoisotopic (exact) mass is 417 g/mol. The summed E-state index contributed by atoms with van der Waals surface area (Å²) in [4.78, 5) is 25.1. The van der Waals surface area contributed by atoms with E-state index in [9.17, 15) is 9.59 Å². The highest BCUT2D eigenvalue weighted by molar-refractivity contribution is 5.96. The summed E-state index contributed by atoms with van der Waals surface area (Å²) in [6.45, 7) is 6.25. The zero-order valence-electron chi connectivity index (χ0n) is 17.7. The first-order valence-corrected chi connectivity index (χ1v) is 10.1. The number of hydrogen-bond acceptors (Lipinski definition) is 5. The van der Waals surface area contributed by atoms with Crippen LogP contribution >= 0.6 is 0 Å². The van der Waals surface area contributed by atoms with Gasteiger partial charge >= 0.3 is 0 Å². The van der Waals surface area contributed by atoms with Gasteiger partial charge in [0.25, 0.3) is 5.91 Å². The molecular weight excluding hydrogens is 394 g/mol. The minimum Gasteiger partial charge on any atom is -0.494 e. The zero-order valence-corrected chi connectivity index (χ0v) is 17.7. The van der Waals surface area contributed by atoms with E-state index in [2.05, 4.69) is 5.32 Å². The van der Waals surface area contributed by atoms with Crippen molar-refractivity contribution in [1.82, 2.24) is 0 Å². The van der Waals surface area contributed by atoms with Crippen molar-refractivity contribution in [3.63, 3.8) is 0 Å². The Hall–Kier alpha value is -3.80. The summed E-state index contributed by atoms with van der Waals surface area (Å²) in [5, 5.41) is 3.80. The minimum atomic E-state index is -0.316. The van der Waals surface area contributed by atoms with Gasteiger partial charge in [-0.05, 0) is 74.4 Å². The zero-order chi connectivity index (χ0) is 22.0. The maximum Gasteiger partial charge on any atom is 0.262 e. The standard InChI is InChI=1S/C25H23NO5/c1-4-29-18-7-9-19(10-8-18)30-14-23(27)26-17-6-12-20-22(13-17)31-25-16(3)15(2)5-11-21(25)24(20)28/h5-13H,4,14H2,1-3H3,(H,26,27). The van der Waals surface area contributed by atoms with Gasteiger partial charge < -0.3 is 19.2 Å². The fraction of sp³-hybridized carbons (Fsp3) is 0.200. The number of aryl methyl sites for hydroxylation is 2. The van der Waals surface area contributed by atoms with Crippen molar-refractivity contribution in [3.05, 3.63) is 75.9 Å². The Balaban J connectivity index is 1.51. The third kappa shape index (κ3) is 4.23. The maximum atomic E-state index is 12.8. The predicted octanol–water partition coefficient (Wildman–Crippen LogP) is 4.98. The van der Waals surface area contributed by atoms with Crippen LogP contribution in [0.25, 0.3) is 21.9 Å². The number of benzene rings is 3. The molecule has 0 aliphatic heterocycles. The molecule has 1 amide bonds. The molecule has 0 aliphatic rings. The van der Waals surface area contributed by atoms with E-state index in [0.29, 0.717) is 40.0 Å². The summed E-state index contributed by atoms with van der Waals surface area (Å²) in [6.07, 6.45) is 0. The van der Waals surface area contributed by atoms with Crippen LogP contribution in [0.5, 0.6) is 11.5 Å². The van der Waals surface area contributed by atoms with E-state index in [0.717, 1.165) is 16.9 Å². The van der Waals surface area contributed by atoms with Gasteiger partial charge in [-0.15, -0.1) is 0 Å². The van der Waals surface area contributed by atoms with Crippen molar-refractivity contribution in [3.8, 4) is 11.5 Å². The first-order valence-electron chi connectivity index (χ1n) is 10.1. The number of anilines is 1. The summed E-state index contributed by atoms with van der Waals surface area (Å²) in [6, 6.07) is 15.8. The predicted molar refractivity (Wildman–Crippen MR) is 121 cm³/mol. The van der Waals surface area contributed by atoms with E-state index < -0.39 is 0 Å². The molecule has 0 fully saturated rings. The second-order valence-corrected chi connectivity index (χ2v) is 7.27. The molecule has 0 unspecified atom stereocenters. The van der Waals surface area contributed by atoms with Crippen LogP contribution in [0.2, 0.25) is 0 Å². The Morgan fingerprint density at radius 2 is 1.61 bits per heavy atom. The number of ether oxygens (including phenoxy) is 2. The molecule has 6 nitrogen and oxygen atoms in total. The van der Waals surface area contributed by atoms with Gasteiger partial charge in [0.2, 0.25) is 5.43 Å². The molecule has 0 bridgehead atoms. The molecule has 31 heavy (non-hydrogen) atoms. The number of hydrogen-bond donors (Lipinski definition) is 1. The second kappa shape index (κ2) is 8.52. The SMILES string of the molecule is CCOc1ccc(OCC(=O)Nc2ccc3c(=O)c4ccc(C)c(C)c4oc3c2)cc1. The summed E-state index contributed by atoms with van der Waals surface area (Å²) >= 11 is 0. The molecule has 1 heterocycles. The van der Waals surface area contributed by atoms with Crippen LogP contribution in [0.3, 0.4) is 0 Å². The average Bonchev–Trinajstić information content (AvgIpc) is 2.76. The van der Waals surface area contributed by atoms with Gasteiger partial charge in [0.15, 0.2) is 6.61 Å². The van der Waals surface area contributed by atoms with Crippen LogP contribution in [0.1, 0.15) is 18.1 Å². The molecule has 4 rings (SSSR count). The Bertz CT molecular complexity index is 1320. The van der Waals surface area contributed by atoms with E-state index >= 15 is 0 Å². The summed E-state index contributed by atoms with van der Waals surface area (Å²) in [5.74, 6) is 0.999. The Kier molecular flexibility index (Phi) is 5.62. The van der Waals surface area contributed by atoms with Crippen LogP contribution < -0.4 is 20.2 Å². The molecule has 0 spiro atoms. The number of carbonyl (C=O) groups is 1. The van der Waals surface area contributed by atoms with E-state index in [1.807, 2.05) is 26.8 Å². The molecule has 158 valence electrons. The quantitative estimate of drug-likeness (QED) is 0.448. The smallest absolute Gasteiger partial charge is 0.262 e. The largest absolute Gasteiger partial charge is 0.494 e. The molecule has 3 aromatic carbocycles. The van der Waals surface area contributed by atoms with Crippen LogP contribution in [0, 0.1) is 13.8 Å². The molecular formula is C25H23NO5. The molecule has 0 radical (unpaired) electrons. The number of rotatable bonds is 6. The third-order valence-corrected chi connectivity index (χ3v) is 5.15. The fourth-order valence-corrected chi connectivity index (χ4v) is 3.37. The molecule has 1 aromatic heterocycles. The lowest BCUT2D eigenvalue weighted by Crippen LogP contribution is -2.20. The van der Waals surface area contributed by atoms with Gasteiger partial charge in [-0.2, -0.15) is 0 Å². The van der Waals surface area contributed by atoms with E-state index in [1.165, 1.54) is 0 Å². The Labute approximate surface area is 179 Å². The van der Waals surface area contributed by atoms with Gasteiger partial charge in [-0.25, -0.2) is 0 Å². The number of fused-ring (bicyclic) bond motifs is 2. The van der Waals surface area contributed by atoms with Gasteiger partial charge in [-0.3, -0.25) is 9.59 Å². The normalized spacial score (nSPS) is 10.9. The lowest BCUT2D eigenvalue weighted by Gasteiger charge is -2.10. The summed E-state index contributed by atoms with van der Waals surface area (Å²) in [5.41, 5.74) is 3.41. The maximum absolute atomic E-state index is 12.8. The van der Waals surface area contributed by atoms with E-state index in [-0.39, 0.29) is 17.9 Å². The molecule has 6 heteroatoms. The van der Waals surface area contributed by atoms with Gasteiger partial charge in [-0.1, -0.05) is 6.07 Å². The van der Waals surface area contributed by atoms with Crippen molar-refractivity contribution in [2.75, 3.05) is 18.5 Å². The van der Waals surface area contributed by atoms with Gasteiger partial charge in [0.05, 0.1) is 17.4 Å². The van der Waals surface area contributed by atoms with Crippen LogP contribution in [0.15, 0.2) is 63.8 Å². The molecule has 4 aromatic rings. The first-order chi connectivity index (χ1) is 15.0. The van der Waals surface area contributed by atoms with Crippen molar-refractivity contribution in [2.24, 2.45) is 0 Å². The molecule has 0 atom stereocenters. The first kappa shape index (κ1) is 20.5. The lowest BCUT2D eigenvalue weighted by atomic mass is 10.0. The number of nitrogens with one attached hydrogen (secondary N) is 1. The highest BCUT2D eigenvalue weighted by Gasteiger charge is 2.12. The van der Waals surface area contributed by atoms with Gasteiger partial charge in [0, 0.05) is 11.8 Å². The van der Waals surface area contributed by atoms with Crippen LogP contribution in [-0.4, -0.2) is 19.1 Å². The highest BCUT2D eigenvalue weighted by atomic mass is 16.5. The molecule has 0 saturated heterocycles. The van der Waals surface area contributed by atoms with E-state index in [1.54, 1.807) is 48.5 Å². The second-order valence-electron chi connectivity index (χ2n) is 7.27. The third-order valence-electron chi connectivity index (χ3n) is 5.15. The van der Waals surface area contributed by atoms with E-state index in [4.69, 9.17) is 13.9 Å². The Morgan fingerprint density at radius 1 is 0.935 bits per heavy atom. The van der Waals surface area contributed by atoms with Crippen molar-refractivity contribution >= 4 is 33.5 Å². The lowest BCUT2D eigenvalue weighted by molar-refractivity contribution is -0.118. The van der Waals surface area contributed by atoms with Crippen molar-refractivity contribution in [1.29, 1.82) is 0 Å². The van der Waals surface area contributed by atoms with Crippen LogP contribution in [0.4, 0.5) is 5.69 Å². The fourth-order valence-electron chi connectivity index (χ4n) is 3.37. The summed E-state index contributed by atoms with van der Waals surface area (Å²) in [7, 11) is 0. The van der Waals surface area contributed by atoms with Crippen LogP contribution in [-0.2, 0) is 4.79 Å². The molecule has 0 aliphatic carbocycles.